The van der Waals surface area contributed by atoms with Gasteiger partial charge in [0.1, 0.15) is 11.9 Å². The Morgan fingerprint density at radius 3 is 2.73 bits per heavy atom. The molecule has 11 heteroatoms. The fourth-order valence-electron chi connectivity index (χ4n) is 4.33. The second-order valence-corrected chi connectivity index (χ2v) is 8.51. The van der Waals surface area contributed by atoms with Gasteiger partial charge in [0.15, 0.2) is 6.04 Å². The summed E-state index contributed by atoms with van der Waals surface area (Å²) >= 11 is 0. The van der Waals surface area contributed by atoms with E-state index in [1.54, 1.807) is 11.0 Å². The maximum atomic E-state index is 13.4. The van der Waals surface area contributed by atoms with Crippen LogP contribution in [0.15, 0.2) is 24.3 Å². The number of urea groups is 1. The van der Waals surface area contributed by atoms with E-state index in [0.717, 1.165) is 19.4 Å². The van der Waals surface area contributed by atoms with Crippen molar-refractivity contribution in [2.24, 2.45) is 5.73 Å². The molecule has 1 aromatic rings. The van der Waals surface area contributed by atoms with Gasteiger partial charge in [-0.15, -0.1) is 0 Å². The van der Waals surface area contributed by atoms with Crippen molar-refractivity contribution in [2.45, 2.75) is 56.7 Å². The Kier molecular flexibility index (Phi) is 8.58. The van der Waals surface area contributed by atoms with E-state index in [2.05, 4.69) is 16.0 Å². The molecule has 5 amide bonds. The van der Waals surface area contributed by atoms with Crippen molar-refractivity contribution in [3.63, 3.8) is 0 Å². The number of nitrogens with one attached hydrogen (secondary N) is 3. The molecule has 0 unspecified atom stereocenters. The largest absolute Gasteiger partial charge is 0.370 e. The third-order valence-corrected chi connectivity index (χ3v) is 5.99. The molecule has 33 heavy (non-hydrogen) atoms. The molecule has 0 bridgehead atoms. The molecule has 0 aliphatic carbocycles. The first-order chi connectivity index (χ1) is 15.8. The smallest absolute Gasteiger partial charge is 0.319 e. The summed E-state index contributed by atoms with van der Waals surface area (Å²) < 4.78 is 13.4. The number of carbonyl (C=O) groups excluding carboxylic acids is 4. The minimum Gasteiger partial charge on any atom is -0.370 e. The minimum atomic E-state index is -0.728. The predicted octanol–water partition coefficient (Wildman–Crippen LogP) is -0.586. The van der Waals surface area contributed by atoms with Crippen LogP contribution in [0.4, 0.5) is 14.9 Å². The predicted molar refractivity (Wildman–Crippen MR) is 118 cm³/mol. The Labute approximate surface area is 191 Å². The van der Waals surface area contributed by atoms with E-state index in [9.17, 15) is 23.6 Å². The van der Waals surface area contributed by atoms with Crippen LogP contribution in [0.25, 0.3) is 0 Å². The number of likely N-dealkylation sites (tertiary alicyclic amines) is 1. The van der Waals surface area contributed by atoms with Crippen LogP contribution in [-0.4, -0.2) is 66.4 Å². The fourth-order valence-corrected chi connectivity index (χ4v) is 4.33. The van der Waals surface area contributed by atoms with Gasteiger partial charge in [-0.1, -0.05) is 6.07 Å². The van der Waals surface area contributed by atoms with Crippen molar-refractivity contribution < 1.29 is 28.9 Å². The third-order valence-electron chi connectivity index (χ3n) is 5.99. The van der Waals surface area contributed by atoms with Crippen LogP contribution >= 0.6 is 0 Å². The number of rotatable bonds is 8. The lowest BCUT2D eigenvalue weighted by Gasteiger charge is -2.39. The van der Waals surface area contributed by atoms with Crippen LogP contribution in [0.5, 0.6) is 0 Å². The molecule has 0 saturated carbocycles. The third kappa shape index (κ3) is 7.14. The Morgan fingerprint density at radius 2 is 2.03 bits per heavy atom. The van der Waals surface area contributed by atoms with Crippen LogP contribution in [0.3, 0.4) is 0 Å². The minimum absolute atomic E-state index is 0.0625. The first kappa shape index (κ1) is 24.4. The quantitative estimate of drug-likeness (QED) is 0.328. The lowest BCUT2D eigenvalue weighted by Crippen LogP contribution is -2.89. The van der Waals surface area contributed by atoms with Crippen molar-refractivity contribution in [1.82, 2.24) is 15.5 Å². The van der Waals surface area contributed by atoms with Crippen molar-refractivity contribution in [3.8, 4) is 0 Å². The first-order valence-corrected chi connectivity index (χ1v) is 11.4. The van der Waals surface area contributed by atoms with E-state index < -0.39 is 23.8 Å². The van der Waals surface area contributed by atoms with Gasteiger partial charge in [0, 0.05) is 44.1 Å². The van der Waals surface area contributed by atoms with Gasteiger partial charge in [0.25, 0.3) is 5.91 Å². The van der Waals surface area contributed by atoms with Gasteiger partial charge in [-0.3, -0.25) is 14.4 Å². The highest BCUT2D eigenvalue weighted by Crippen LogP contribution is 2.20. The Morgan fingerprint density at radius 1 is 1.21 bits per heavy atom. The van der Waals surface area contributed by atoms with Crippen LogP contribution in [0.1, 0.15) is 38.5 Å². The number of piperidine rings is 1. The van der Waals surface area contributed by atoms with Gasteiger partial charge < -0.3 is 31.9 Å². The molecule has 2 saturated heterocycles. The van der Waals surface area contributed by atoms with E-state index in [1.165, 1.54) is 18.2 Å². The molecule has 3 atom stereocenters. The van der Waals surface area contributed by atoms with Gasteiger partial charge in [0.2, 0.25) is 11.8 Å². The number of nitrogens with two attached hydrogens (primary N) is 2. The van der Waals surface area contributed by atoms with E-state index in [-0.39, 0.29) is 43.3 Å². The number of amides is 5. The van der Waals surface area contributed by atoms with Crippen LogP contribution < -0.4 is 27.0 Å². The number of nitrogens with zero attached hydrogens (tertiary/aromatic N) is 1. The molecule has 10 nitrogen and oxygen atoms in total. The highest BCUT2D eigenvalue weighted by molar-refractivity contribution is 5.91. The summed E-state index contributed by atoms with van der Waals surface area (Å²) in [5.41, 5.74) is 5.46. The van der Waals surface area contributed by atoms with Gasteiger partial charge >= 0.3 is 6.03 Å². The van der Waals surface area contributed by atoms with Crippen molar-refractivity contribution in [2.75, 3.05) is 25.0 Å². The molecular formula is C22H32FN6O4+. The Hall–Kier alpha value is -3.21. The normalized spacial score (nSPS) is 22.5. The summed E-state index contributed by atoms with van der Waals surface area (Å²) in [6.07, 6.45) is 3.07. The first-order valence-electron chi connectivity index (χ1n) is 11.4. The summed E-state index contributed by atoms with van der Waals surface area (Å²) in [5, 5.41) is 10.2. The topological polar surface area (TPSA) is 150 Å². The second-order valence-electron chi connectivity index (χ2n) is 8.51. The van der Waals surface area contributed by atoms with E-state index in [1.807, 2.05) is 5.32 Å². The molecule has 0 aromatic heterocycles. The monoisotopic (exact) mass is 463 g/mol. The van der Waals surface area contributed by atoms with E-state index >= 15 is 0 Å². The molecule has 2 aliphatic heterocycles. The number of benzene rings is 1. The Bertz CT molecular complexity index is 876. The molecule has 2 fully saturated rings. The number of halogens is 1. The van der Waals surface area contributed by atoms with Gasteiger partial charge in [0.05, 0.1) is 6.54 Å². The second kappa shape index (κ2) is 11.6. The van der Waals surface area contributed by atoms with Crippen LogP contribution in [-0.2, 0) is 14.4 Å². The van der Waals surface area contributed by atoms with Gasteiger partial charge in [-0.2, -0.15) is 0 Å². The maximum Gasteiger partial charge on any atom is 0.319 e. The SMILES string of the molecule is NC(=O)CCCNC(=O)[C@@H]1C[C@@H](NC(=O)Nc2cccc(F)c2)CCN1C(=O)[C@H]1CCC[NH2+]1. The summed E-state index contributed by atoms with van der Waals surface area (Å²) in [6.45, 7) is 1.50. The lowest BCUT2D eigenvalue weighted by atomic mass is 9.95. The molecule has 180 valence electrons. The molecule has 2 heterocycles. The fraction of sp³-hybridized carbons (Fsp3) is 0.545. The van der Waals surface area contributed by atoms with Crippen LogP contribution in [0.2, 0.25) is 0 Å². The average molecular weight is 464 g/mol. The van der Waals surface area contributed by atoms with Gasteiger partial charge in [-0.25, -0.2) is 9.18 Å². The molecule has 2 aliphatic rings. The number of carbonyl (C=O) groups is 4. The standard InChI is InChI=1S/C22H31FN6O4/c23-14-4-1-5-15(12-14)27-22(33)28-16-8-11-29(21(32)17-6-2-9-25-17)18(13-16)20(31)26-10-3-7-19(24)30/h1,4-5,12,16-18,25H,2-3,6-11,13H2,(H2,24,30)(H,26,31)(H2,27,28,33)/p+1/t16-,17+,18-/m0/s1. The molecule has 1 aromatic carbocycles. The number of quaternary nitrogens is 1. The number of hydrogen-bond acceptors (Lipinski definition) is 4. The number of primary amides is 1. The van der Waals surface area contributed by atoms with Crippen molar-refractivity contribution in [1.29, 1.82) is 0 Å². The molecule has 0 radical (unpaired) electrons. The maximum absolute atomic E-state index is 13.4. The Balaban J connectivity index is 1.61. The zero-order chi connectivity index (χ0) is 23.8. The lowest BCUT2D eigenvalue weighted by molar-refractivity contribution is -0.658. The zero-order valence-electron chi connectivity index (χ0n) is 18.5. The van der Waals surface area contributed by atoms with Gasteiger partial charge in [-0.05, 0) is 37.5 Å². The van der Waals surface area contributed by atoms with E-state index in [4.69, 9.17) is 5.73 Å². The molecule has 3 rings (SSSR count). The van der Waals surface area contributed by atoms with E-state index in [0.29, 0.717) is 25.1 Å². The summed E-state index contributed by atoms with van der Waals surface area (Å²) in [5.74, 6) is -1.28. The van der Waals surface area contributed by atoms with Crippen LogP contribution in [0, 0.1) is 5.82 Å². The van der Waals surface area contributed by atoms with Crippen molar-refractivity contribution in [3.05, 3.63) is 30.1 Å². The number of hydrogen-bond donors (Lipinski definition) is 5. The van der Waals surface area contributed by atoms with Crippen molar-refractivity contribution >= 4 is 29.4 Å². The molecule has 0 spiro atoms. The summed E-state index contributed by atoms with van der Waals surface area (Å²) in [6, 6.07) is 3.81. The molecule has 7 N–H and O–H groups in total. The molecular weight excluding hydrogens is 431 g/mol. The average Bonchev–Trinajstić information content (AvgIpc) is 3.31. The summed E-state index contributed by atoms with van der Waals surface area (Å²) in [7, 11) is 0. The highest BCUT2D eigenvalue weighted by Gasteiger charge is 2.41. The number of anilines is 1. The highest BCUT2D eigenvalue weighted by atomic mass is 19.1. The summed E-state index contributed by atoms with van der Waals surface area (Å²) in [4.78, 5) is 50.9. The zero-order valence-corrected chi connectivity index (χ0v) is 18.5.